The van der Waals surface area contributed by atoms with Crippen molar-refractivity contribution >= 4 is 11.6 Å². The summed E-state index contributed by atoms with van der Waals surface area (Å²) in [7, 11) is 1.94. The van der Waals surface area contributed by atoms with Crippen LogP contribution in [0.4, 0.5) is 5.69 Å². The van der Waals surface area contributed by atoms with E-state index in [4.69, 9.17) is 0 Å². The molecule has 1 N–H and O–H groups in total. The molecular weight excluding hydrogens is 262 g/mol. The number of amides is 1. The van der Waals surface area contributed by atoms with Crippen molar-refractivity contribution in [1.82, 2.24) is 9.80 Å². The molecule has 1 heterocycles. The molecule has 0 saturated carbocycles. The van der Waals surface area contributed by atoms with Crippen LogP contribution in [0.1, 0.15) is 26.2 Å². The number of piperidine rings is 1. The molecule has 1 aliphatic rings. The lowest BCUT2D eigenvalue weighted by atomic mass is 10.0. The number of benzene rings is 1. The summed E-state index contributed by atoms with van der Waals surface area (Å²) in [4.78, 5) is 16.7. The lowest BCUT2D eigenvalue weighted by molar-refractivity contribution is -0.130. The number of nitrogens with zero attached hydrogens (tertiary/aromatic N) is 2. The molecule has 2 rings (SSSR count). The van der Waals surface area contributed by atoms with Gasteiger partial charge in [0, 0.05) is 31.9 Å². The number of hydrogen-bond acceptors (Lipinski definition) is 3. The van der Waals surface area contributed by atoms with Gasteiger partial charge in [-0.05, 0) is 37.9 Å². The largest absolute Gasteiger partial charge is 0.376 e. The Morgan fingerprint density at radius 2 is 1.95 bits per heavy atom. The average molecular weight is 289 g/mol. The highest BCUT2D eigenvalue weighted by atomic mass is 16.2. The molecule has 1 aliphatic heterocycles. The van der Waals surface area contributed by atoms with Crippen LogP contribution in [0.2, 0.25) is 0 Å². The van der Waals surface area contributed by atoms with Crippen molar-refractivity contribution in [2.75, 3.05) is 38.5 Å². The minimum atomic E-state index is 0.174. The minimum absolute atomic E-state index is 0.174. The molecule has 1 saturated heterocycles. The van der Waals surface area contributed by atoms with E-state index in [1.807, 2.05) is 42.3 Å². The van der Waals surface area contributed by atoms with Gasteiger partial charge in [0.25, 0.3) is 0 Å². The number of carbonyl (C=O) groups excluding carboxylic acids is 1. The standard InChI is InChI=1S/C17H27N3O/c1-3-11-20-12-9-16(10-13-20)19(2)17(21)14-18-15-7-5-4-6-8-15/h4-8,16,18H,3,9-14H2,1-2H3. The van der Waals surface area contributed by atoms with E-state index in [9.17, 15) is 4.79 Å². The molecule has 0 atom stereocenters. The van der Waals surface area contributed by atoms with Gasteiger partial charge < -0.3 is 15.1 Å². The highest BCUT2D eigenvalue weighted by Gasteiger charge is 2.24. The monoisotopic (exact) mass is 289 g/mol. The van der Waals surface area contributed by atoms with Crippen LogP contribution >= 0.6 is 0 Å². The normalized spacial score (nSPS) is 16.7. The molecular formula is C17H27N3O. The first kappa shape index (κ1) is 15.8. The first-order chi connectivity index (χ1) is 10.2. The second kappa shape index (κ2) is 8.03. The highest BCUT2D eigenvalue weighted by Crippen LogP contribution is 2.16. The second-order valence-electron chi connectivity index (χ2n) is 5.80. The Morgan fingerprint density at radius 1 is 1.29 bits per heavy atom. The van der Waals surface area contributed by atoms with Gasteiger partial charge in [-0.2, -0.15) is 0 Å². The zero-order chi connectivity index (χ0) is 15.1. The second-order valence-corrected chi connectivity index (χ2v) is 5.80. The summed E-state index contributed by atoms with van der Waals surface area (Å²) >= 11 is 0. The molecule has 21 heavy (non-hydrogen) atoms. The van der Waals surface area contributed by atoms with Crippen LogP contribution in [-0.2, 0) is 4.79 Å². The lowest BCUT2D eigenvalue weighted by Crippen LogP contribution is -2.47. The van der Waals surface area contributed by atoms with Crippen molar-refractivity contribution in [2.45, 2.75) is 32.2 Å². The quantitative estimate of drug-likeness (QED) is 0.873. The fourth-order valence-corrected chi connectivity index (χ4v) is 2.91. The zero-order valence-electron chi connectivity index (χ0n) is 13.2. The predicted molar refractivity (Wildman–Crippen MR) is 87.5 cm³/mol. The molecule has 0 unspecified atom stereocenters. The maximum absolute atomic E-state index is 12.3. The Bertz CT molecular complexity index is 427. The predicted octanol–water partition coefficient (Wildman–Crippen LogP) is 2.43. The molecule has 0 spiro atoms. The zero-order valence-corrected chi connectivity index (χ0v) is 13.2. The summed E-state index contributed by atoms with van der Waals surface area (Å²) in [5.74, 6) is 0.174. The van der Waals surface area contributed by atoms with Crippen molar-refractivity contribution in [3.8, 4) is 0 Å². The maximum atomic E-state index is 12.3. The van der Waals surface area contributed by atoms with E-state index in [2.05, 4.69) is 17.1 Å². The van der Waals surface area contributed by atoms with Gasteiger partial charge in [0.15, 0.2) is 0 Å². The number of rotatable bonds is 6. The van der Waals surface area contributed by atoms with Crippen molar-refractivity contribution in [3.63, 3.8) is 0 Å². The van der Waals surface area contributed by atoms with E-state index in [-0.39, 0.29) is 5.91 Å². The Labute approximate surface area is 128 Å². The maximum Gasteiger partial charge on any atom is 0.241 e. The van der Waals surface area contributed by atoms with E-state index in [1.54, 1.807) is 0 Å². The molecule has 1 fully saturated rings. The van der Waals surface area contributed by atoms with E-state index >= 15 is 0 Å². The van der Waals surface area contributed by atoms with Gasteiger partial charge in [-0.3, -0.25) is 4.79 Å². The van der Waals surface area contributed by atoms with Crippen LogP contribution in [0.25, 0.3) is 0 Å². The topological polar surface area (TPSA) is 35.6 Å². The molecule has 0 aromatic heterocycles. The Balaban J connectivity index is 1.75. The molecule has 0 bridgehead atoms. The molecule has 1 amide bonds. The van der Waals surface area contributed by atoms with E-state index < -0.39 is 0 Å². The van der Waals surface area contributed by atoms with Crippen LogP contribution in [0.15, 0.2) is 30.3 Å². The fraction of sp³-hybridized carbons (Fsp3) is 0.588. The molecule has 4 heteroatoms. The summed E-state index contributed by atoms with van der Waals surface area (Å²) < 4.78 is 0. The van der Waals surface area contributed by atoms with Gasteiger partial charge >= 0.3 is 0 Å². The number of anilines is 1. The number of para-hydroxylation sites is 1. The van der Waals surface area contributed by atoms with Gasteiger partial charge in [0.05, 0.1) is 6.54 Å². The van der Waals surface area contributed by atoms with Crippen LogP contribution < -0.4 is 5.32 Å². The Hall–Kier alpha value is -1.55. The Morgan fingerprint density at radius 3 is 2.57 bits per heavy atom. The van der Waals surface area contributed by atoms with Crippen molar-refractivity contribution in [2.24, 2.45) is 0 Å². The van der Waals surface area contributed by atoms with Gasteiger partial charge in [-0.15, -0.1) is 0 Å². The first-order valence-corrected chi connectivity index (χ1v) is 7.97. The third-order valence-electron chi connectivity index (χ3n) is 4.26. The summed E-state index contributed by atoms with van der Waals surface area (Å²) in [6, 6.07) is 10.3. The number of carbonyl (C=O) groups is 1. The molecule has 116 valence electrons. The van der Waals surface area contributed by atoms with Crippen molar-refractivity contribution < 1.29 is 4.79 Å². The van der Waals surface area contributed by atoms with E-state index in [0.29, 0.717) is 12.6 Å². The number of likely N-dealkylation sites (N-methyl/N-ethyl adjacent to an activating group) is 1. The van der Waals surface area contributed by atoms with Crippen LogP contribution in [0, 0.1) is 0 Å². The van der Waals surface area contributed by atoms with Crippen molar-refractivity contribution in [1.29, 1.82) is 0 Å². The van der Waals surface area contributed by atoms with Crippen molar-refractivity contribution in [3.05, 3.63) is 30.3 Å². The Kier molecular flexibility index (Phi) is 6.05. The fourth-order valence-electron chi connectivity index (χ4n) is 2.91. The first-order valence-electron chi connectivity index (χ1n) is 7.97. The third-order valence-corrected chi connectivity index (χ3v) is 4.26. The summed E-state index contributed by atoms with van der Waals surface area (Å²) in [6.45, 7) is 6.00. The van der Waals surface area contributed by atoms with Crippen LogP contribution in [-0.4, -0.2) is 55.0 Å². The van der Waals surface area contributed by atoms with Crippen LogP contribution in [0.3, 0.4) is 0 Å². The molecule has 1 aromatic rings. The minimum Gasteiger partial charge on any atom is -0.376 e. The summed E-state index contributed by atoms with van der Waals surface area (Å²) in [6.07, 6.45) is 3.39. The van der Waals surface area contributed by atoms with Gasteiger partial charge in [-0.25, -0.2) is 0 Å². The molecule has 4 nitrogen and oxygen atoms in total. The SMILES string of the molecule is CCCN1CCC(N(C)C(=O)CNc2ccccc2)CC1. The average Bonchev–Trinajstić information content (AvgIpc) is 2.54. The summed E-state index contributed by atoms with van der Waals surface area (Å²) in [5.41, 5.74) is 0.997. The van der Waals surface area contributed by atoms with E-state index in [0.717, 1.165) is 31.6 Å². The van der Waals surface area contributed by atoms with Gasteiger partial charge in [0.2, 0.25) is 5.91 Å². The number of likely N-dealkylation sites (tertiary alicyclic amines) is 1. The highest BCUT2D eigenvalue weighted by molar-refractivity contribution is 5.80. The third kappa shape index (κ3) is 4.74. The molecule has 0 radical (unpaired) electrons. The van der Waals surface area contributed by atoms with E-state index in [1.165, 1.54) is 13.0 Å². The number of hydrogen-bond donors (Lipinski definition) is 1. The lowest BCUT2D eigenvalue weighted by Gasteiger charge is -2.36. The summed E-state index contributed by atoms with van der Waals surface area (Å²) in [5, 5.41) is 3.19. The smallest absolute Gasteiger partial charge is 0.241 e. The van der Waals surface area contributed by atoms with Crippen LogP contribution in [0.5, 0.6) is 0 Å². The molecule has 1 aromatic carbocycles. The molecule has 0 aliphatic carbocycles. The van der Waals surface area contributed by atoms with Gasteiger partial charge in [-0.1, -0.05) is 25.1 Å². The number of nitrogens with one attached hydrogen (secondary N) is 1. The van der Waals surface area contributed by atoms with Gasteiger partial charge in [0.1, 0.15) is 0 Å².